The zero-order valence-corrected chi connectivity index (χ0v) is 13.8. The van der Waals surface area contributed by atoms with Crippen LogP contribution in [0.2, 0.25) is 0 Å². The van der Waals surface area contributed by atoms with E-state index in [1.54, 1.807) is 0 Å². The van der Waals surface area contributed by atoms with E-state index in [2.05, 4.69) is 15.1 Å². The number of H-pyrrole nitrogens is 1. The van der Waals surface area contributed by atoms with Gasteiger partial charge in [-0.15, -0.1) is 0 Å². The van der Waals surface area contributed by atoms with Gasteiger partial charge in [-0.3, -0.25) is 10.00 Å². The van der Waals surface area contributed by atoms with Gasteiger partial charge in [0.2, 0.25) is 0 Å². The van der Waals surface area contributed by atoms with Crippen LogP contribution in [0.15, 0.2) is 23.6 Å². The van der Waals surface area contributed by atoms with Crippen molar-refractivity contribution in [2.24, 2.45) is 17.6 Å². The molecule has 1 aliphatic heterocycles. The Labute approximate surface area is 143 Å². The fourth-order valence-electron chi connectivity index (χ4n) is 4.53. The lowest BCUT2D eigenvalue weighted by atomic mass is 9.72. The van der Waals surface area contributed by atoms with Crippen molar-refractivity contribution in [3.05, 3.63) is 34.8 Å². The Morgan fingerprint density at radius 3 is 2.72 bits per heavy atom. The first-order valence-corrected chi connectivity index (χ1v) is 8.66. The van der Waals surface area contributed by atoms with Crippen molar-refractivity contribution in [1.82, 2.24) is 15.1 Å². The lowest BCUT2D eigenvalue weighted by molar-refractivity contribution is 0.0987. The van der Waals surface area contributed by atoms with Crippen LogP contribution in [0, 0.1) is 11.8 Å². The maximum atomic E-state index is 14.1. The van der Waals surface area contributed by atoms with Crippen LogP contribution in [-0.4, -0.2) is 27.2 Å². The molecule has 3 aliphatic rings. The summed E-state index contributed by atoms with van der Waals surface area (Å²) in [5.74, 6) is -2.84. The molecular formula is C17H22F3N5. The second-order valence-corrected chi connectivity index (χ2v) is 7.36. The minimum Gasteiger partial charge on any atom is -0.382 e. The van der Waals surface area contributed by atoms with Gasteiger partial charge in [0.05, 0.1) is 5.69 Å². The molecule has 5 nitrogen and oxygen atoms in total. The highest BCUT2D eigenvalue weighted by molar-refractivity contribution is 5.44. The molecule has 5 N–H and O–H groups in total. The molecule has 1 saturated carbocycles. The Kier molecular flexibility index (Phi) is 4.11. The molecule has 25 heavy (non-hydrogen) atoms. The van der Waals surface area contributed by atoms with Crippen LogP contribution in [0.25, 0.3) is 0 Å². The van der Waals surface area contributed by atoms with Crippen molar-refractivity contribution < 1.29 is 13.2 Å². The summed E-state index contributed by atoms with van der Waals surface area (Å²) < 4.78 is 40.9. The lowest BCUT2D eigenvalue weighted by Gasteiger charge is -2.41. The Morgan fingerprint density at radius 1 is 1.20 bits per heavy atom. The number of halogens is 3. The van der Waals surface area contributed by atoms with Crippen LogP contribution < -0.4 is 11.5 Å². The maximum absolute atomic E-state index is 14.1. The molecule has 0 saturated heterocycles. The highest BCUT2D eigenvalue weighted by Crippen LogP contribution is 2.43. The van der Waals surface area contributed by atoms with Gasteiger partial charge in [-0.05, 0) is 25.2 Å². The number of rotatable bonds is 2. The summed E-state index contributed by atoms with van der Waals surface area (Å²) in [7, 11) is 0. The molecule has 2 heterocycles. The molecule has 1 unspecified atom stereocenters. The predicted molar refractivity (Wildman–Crippen MR) is 87.9 cm³/mol. The molecule has 1 fully saturated rings. The highest BCUT2D eigenvalue weighted by Gasteiger charge is 2.40. The maximum Gasteiger partial charge on any atom is 0.157 e. The number of allylic oxidation sites excluding steroid dienone is 4. The van der Waals surface area contributed by atoms with Gasteiger partial charge >= 0.3 is 0 Å². The van der Waals surface area contributed by atoms with Crippen LogP contribution in [0.3, 0.4) is 0 Å². The number of aromatic nitrogens is 2. The quantitative estimate of drug-likeness (QED) is 0.763. The van der Waals surface area contributed by atoms with E-state index in [1.165, 1.54) is 0 Å². The molecule has 136 valence electrons. The van der Waals surface area contributed by atoms with E-state index >= 15 is 0 Å². The third-order valence-electron chi connectivity index (χ3n) is 5.94. The Morgan fingerprint density at radius 2 is 2.00 bits per heavy atom. The summed E-state index contributed by atoms with van der Waals surface area (Å²) in [4.78, 5) is 2.31. The molecular weight excluding hydrogens is 331 g/mol. The second-order valence-electron chi connectivity index (χ2n) is 7.36. The number of anilines is 1. The van der Waals surface area contributed by atoms with Crippen molar-refractivity contribution in [1.29, 1.82) is 0 Å². The summed E-state index contributed by atoms with van der Waals surface area (Å²) in [5.41, 5.74) is 14.3. The number of aromatic amines is 1. The number of nitrogens with one attached hydrogen (secondary N) is 1. The van der Waals surface area contributed by atoms with E-state index in [9.17, 15) is 13.2 Å². The zero-order valence-electron chi connectivity index (χ0n) is 13.8. The summed E-state index contributed by atoms with van der Waals surface area (Å²) in [6.07, 6.45) is 2.71. The fourth-order valence-corrected chi connectivity index (χ4v) is 4.53. The van der Waals surface area contributed by atoms with E-state index in [1.807, 2.05) is 0 Å². The molecule has 0 spiro atoms. The zero-order chi connectivity index (χ0) is 17.7. The van der Waals surface area contributed by atoms with Crippen molar-refractivity contribution in [3.8, 4) is 0 Å². The summed E-state index contributed by atoms with van der Waals surface area (Å²) in [6.45, 7) is 1.49. The Hall–Kier alpha value is -1.80. The first-order chi connectivity index (χ1) is 11.9. The normalized spacial score (nSPS) is 33.5. The van der Waals surface area contributed by atoms with E-state index in [4.69, 9.17) is 11.5 Å². The third-order valence-corrected chi connectivity index (χ3v) is 5.94. The molecule has 0 amide bonds. The monoisotopic (exact) mass is 353 g/mol. The van der Waals surface area contributed by atoms with Crippen LogP contribution in [0.1, 0.15) is 36.9 Å². The molecule has 8 heteroatoms. The van der Waals surface area contributed by atoms with Crippen LogP contribution in [-0.2, 0) is 13.1 Å². The molecule has 2 aliphatic carbocycles. The van der Waals surface area contributed by atoms with Crippen LogP contribution >= 0.6 is 0 Å². The Bertz CT molecular complexity index is 741. The van der Waals surface area contributed by atoms with E-state index in [0.29, 0.717) is 24.7 Å². The molecule has 1 aromatic heterocycles. The summed E-state index contributed by atoms with van der Waals surface area (Å²) in [6, 6.07) is 0.0329. The van der Waals surface area contributed by atoms with Crippen molar-refractivity contribution in [2.75, 3.05) is 5.73 Å². The standard InChI is InChI=1S/C17H22F3N5/c18-12-5-14(20)13(19)4-10(12)9-2-1-8(3-15(9)21)25-6-11-16(7-25)23-24-17(11)22/h5,8-10,15H,1-4,6-7,21H2,(H3,22,23,24)/t8-,9+,10?,15-/m0/s1. The van der Waals surface area contributed by atoms with Gasteiger partial charge in [0.25, 0.3) is 0 Å². The summed E-state index contributed by atoms with van der Waals surface area (Å²) in [5, 5.41) is 6.96. The molecule has 4 rings (SSSR count). The minimum atomic E-state index is -1.10. The van der Waals surface area contributed by atoms with Crippen molar-refractivity contribution >= 4 is 5.82 Å². The number of hydrogen-bond donors (Lipinski definition) is 3. The van der Waals surface area contributed by atoms with Gasteiger partial charge in [-0.25, -0.2) is 13.2 Å². The second kappa shape index (κ2) is 6.17. The van der Waals surface area contributed by atoms with Crippen molar-refractivity contribution in [2.45, 2.75) is 50.9 Å². The van der Waals surface area contributed by atoms with E-state index in [-0.39, 0.29) is 24.4 Å². The van der Waals surface area contributed by atoms with Crippen LogP contribution in [0.4, 0.5) is 19.0 Å². The van der Waals surface area contributed by atoms with Crippen LogP contribution in [0.5, 0.6) is 0 Å². The number of nitrogens with zero attached hydrogens (tertiary/aromatic N) is 2. The number of hydrogen-bond acceptors (Lipinski definition) is 4. The van der Waals surface area contributed by atoms with Gasteiger partial charge in [-0.1, -0.05) is 0 Å². The van der Waals surface area contributed by atoms with E-state index in [0.717, 1.165) is 30.8 Å². The molecule has 4 atom stereocenters. The molecule has 0 radical (unpaired) electrons. The largest absolute Gasteiger partial charge is 0.382 e. The van der Waals surface area contributed by atoms with Gasteiger partial charge < -0.3 is 11.5 Å². The molecule has 0 aromatic carbocycles. The predicted octanol–water partition coefficient (Wildman–Crippen LogP) is 2.83. The van der Waals surface area contributed by atoms with Crippen molar-refractivity contribution in [3.63, 3.8) is 0 Å². The topological polar surface area (TPSA) is 84.0 Å². The average Bonchev–Trinajstić information content (AvgIpc) is 3.14. The fraction of sp³-hybridized carbons (Fsp3) is 0.588. The number of nitrogens with two attached hydrogens (primary N) is 2. The highest BCUT2D eigenvalue weighted by atomic mass is 19.2. The van der Waals surface area contributed by atoms with Gasteiger partial charge in [0.15, 0.2) is 5.83 Å². The molecule has 0 bridgehead atoms. The van der Waals surface area contributed by atoms with E-state index < -0.39 is 23.4 Å². The van der Waals surface area contributed by atoms with Gasteiger partial charge in [0, 0.05) is 49.2 Å². The van der Waals surface area contributed by atoms with Gasteiger partial charge in [-0.2, -0.15) is 5.10 Å². The third kappa shape index (κ3) is 2.87. The SMILES string of the molecule is Nc1n[nH]c2c1CN([C@H]1CC[C@H](C3CC(F)=C(F)C=C3F)[C@@H](N)C1)C2. The lowest BCUT2D eigenvalue weighted by Crippen LogP contribution is -2.47. The first kappa shape index (κ1) is 16.7. The number of nitrogen functional groups attached to an aromatic ring is 1. The summed E-state index contributed by atoms with van der Waals surface area (Å²) >= 11 is 0. The van der Waals surface area contributed by atoms with Gasteiger partial charge in [0.1, 0.15) is 17.5 Å². The minimum absolute atomic E-state index is 0.168. The average molecular weight is 353 g/mol. The Balaban J connectivity index is 1.41. The molecule has 1 aromatic rings. The first-order valence-electron chi connectivity index (χ1n) is 8.66. The number of fused-ring (bicyclic) bond motifs is 1. The smallest absolute Gasteiger partial charge is 0.157 e.